The number of likely N-dealkylation sites (tertiary alicyclic amines) is 1. The standard InChI is InChI=1S/C23H30N2O5S/c1-3-4-15-29-23(26)25-13-11-18(12-14-25)19-5-6-20(24-16-19)17-30-21-7-9-22(10-8-21)31(2,27)28/h5-10,16,18H,3-4,11-15,17H2,1-2H3. The van der Waals surface area contributed by atoms with Crippen molar-refractivity contribution >= 4 is 15.9 Å². The molecule has 0 aliphatic carbocycles. The third kappa shape index (κ3) is 6.69. The summed E-state index contributed by atoms with van der Waals surface area (Å²) >= 11 is 0. The fourth-order valence-electron chi connectivity index (χ4n) is 3.49. The van der Waals surface area contributed by atoms with Gasteiger partial charge in [0.25, 0.3) is 0 Å². The first-order valence-corrected chi connectivity index (χ1v) is 12.6. The first-order chi connectivity index (χ1) is 14.9. The summed E-state index contributed by atoms with van der Waals surface area (Å²) in [5, 5.41) is 0. The minimum atomic E-state index is -3.21. The van der Waals surface area contributed by atoms with Crippen LogP contribution in [-0.4, -0.2) is 50.3 Å². The van der Waals surface area contributed by atoms with Crippen LogP contribution in [-0.2, 0) is 21.2 Å². The van der Waals surface area contributed by atoms with Crippen LogP contribution in [0.2, 0.25) is 0 Å². The molecule has 3 rings (SSSR count). The Kier molecular flexibility index (Phi) is 7.90. The number of hydrogen-bond donors (Lipinski definition) is 0. The molecule has 1 aliphatic rings. The van der Waals surface area contributed by atoms with Gasteiger partial charge in [-0.1, -0.05) is 19.4 Å². The van der Waals surface area contributed by atoms with Crippen LogP contribution in [0.25, 0.3) is 0 Å². The molecule has 1 fully saturated rings. The van der Waals surface area contributed by atoms with E-state index in [9.17, 15) is 13.2 Å². The molecule has 31 heavy (non-hydrogen) atoms. The SMILES string of the molecule is CCCCOC(=O)N1CCC(c2ccc(COc3ccc(S(C)(=O)=O)cc3)nc2)CC1. The molecule has 0 unspecified atom stereocenters. The molecule has 8 heteroatoms. The van der Waals surface area contributed by atoms with Gasteiger partial charge < -0.3 is 14.4 Å². The fourth-order valence-corrected chi connectivity index (χ4v) is 4.12. The maximum absolute atomic E-state index is 12.1. The quantitative estimate of drug-likeness (QED) is 0.566. The van der Waals surface area contributed by atoms with Gasteiger partial charge in [-0.25, -0.2) is 13.2 Å². The fraction of sp³-hybridized carbons (Fsp3) is 0.478. The molecule has 2 aromatic rings. The van der Waals surface area contributed by atoms with E-state index in [-0.39, 0.29) is 11.0 Å². The predicted molar refractivity (Wildman–Crippen MR) is 118 cm³/mol. The first-order valence-electron chi connectivity index (χ1n) is 10.7. The number of aromatic nitrogens is 1. The Morgan fingerprint density at radius 1 is 1.13 bits per heavy atom. The van der Waals surface area contributed by atoms with E-state index in [0.717, 1.165) is 31.4 Å². The number of hydrogen-bond acceptors (Lipinski definition) is 6. The van der Waals surface area contributed by atoms with E-state index in [1.807, 2.05) is 12.3 Å². The summed E-state index contributed by atoms with van der Waals surface area (Å²) in [6.45, 7) is 4.27. The minimum absolute atomic E-state index is 0.206. The van der Waals surface area contributed by atoms with Gasteiger partial charge in [0.05, 0.1) is 17.2 Å². The van der Waals surface area contributed by atoms with Gasteiger partial charge in [0.15, 0.2) is 9.84 Å². The van der Waals surface area contributed by atoms with Crippen molar-refractivity contribution < 1.29 is 22.7 Å². The lowest BCUT2D eigenvalue weighted by molar-refractivity contribution is 0.0916. The molecule has 0 saturated carbocycles. The third-order valence-corrected chi connectivity index (χ3v) is 6.56. The number of carbonyl (C=O) groups excluding carboxylic acids is 1. The van der Waals surface area contributed by atoms with Crippen LogP contribution in [0.1, 0.15) is 49.8 Å². The topological polar surface area (TPSA) is 85.8 Å². The van der Waals surface area contributed by atoms with E-state index in [1.165, 1.54) is 24.0 Å². The van der Waals surface area contributed by atoms with Gasteiger partial charge in [-0.05, 0) is 61.1 Å². The van der Waals surface area contributed by atoms with Crippen LogP contribution in [0.3, 0.4) is 0 Å². The van der Waals surface area contributed by atoms with E-state index in [0.29, 0.717) is 38.0 Å². The van der Waals surface area contributed by atoms with Crippen molar-refractivity contribution in [2.75, 3.05) is 26.0 Å². The van der Waals surface area contributed by atoms with Crippen molar-refractivity contribution in [1.29, 1.82) is 0 Å². The lowest BCUT2D eigenvalue weighted by atomic mass is 9.90. The summed E-state index contributed by atoms with van der Waals surface area (Å²) in [6, 6.07) is 10.4. The Bertz CT molecular complexity index is 950. The second-order valence-corrected chi connectivity index (χ2v) is 9.86. The molecule has 2 heterocycles. The van der Waals surface area contributed by atoms with Gasteiger partial charge in [0, 0.05) is 25.5 Å². The zero-order chi connectivity index (χ0) is 22.3. The van der Waals surface area contributed by atoms with E-state index in [4.69, 9.17) is 9.47 Å². The molecule has 1 amide bonds. The number of piperidine rings is 1. The van der Waals surface area contributed by atoms with Crippen LogP contribution in [0.15, 0.2) is 47.5 Å². The number of carbonyl (C=O) groups is 1. The van der Waals surface area contributed by atoms with E-state index in [2.05, 4.69) is 18.0 Å². The second kappa shape index (κ2) is 10.6. The van der Waals surface area contributed by atoms with Crippen LogP contribution in [0.5, 0.6) is 5.75 Å². The lowest BCUT2D eigenvalue weighted by Gasteiger charge is -2.31. The Morgan fingerprint density at radius 3 is 2.42 bits per heavy atom. The molecule has 0 atom stereocenters. The van der Waals surface area contributed by atoms with Gasteiger partial charge in [0.2, 0.25) is 0 Å². The second-order valence-electron chi connectivity index (χ2n) is 7.84. The average Bonchev–Trinajstić information content (AvgIpc) is 2.78. The maximum Gasteiger partial charge on any atom is 0.409 e. The number of sulfone groups is 1. The predicted octanol–water partition coefficient (Wildman–Crippen LogP) is 4.18. The van der Waals surface area contributed by atoms with Crippen LogP contribution >= 0.6 is 0 Å². The van der Waals surface area contributed by atoms with E-state index < -0.39 is 9.84 Å². The van der Waals surface area contributed by atoms with Crippen molar-refractivity contribution in [1.82, 2.24) is 9.88 Å². The number of pyridine rings is 1. The summed E-state index contributed by atoms with van der Waals surface area (Å²) in [5.41, 5.74) is 1.97. The Balaban J connectivity index is 1.47. The van der Waals surface area contributed by atoms with Crippen molar-refractivity contribution in [3.63, 3.8) is 0 Å². The highest BCUT2D eigenvalue weighted by molar-refractivity contribution is 7.90. The number of rotatable bonds is 8. The molecule has 7 nitrogen and oxygen atoms in total. The van der Waals surface area contributed by atoms with E-state index >= 15 is 0 Å². The summed E-state index contributed by atoms with van der Waals surface area (Å²) in [5.74, 6) is 0.974. The molecular weight excluding hydrogens is 416 g/mol. The lowest BCUT2D eigenvalue weighted by Crippen LogP contribution is -2.38. The number of benzene rings is 1. The Labute approximate surface area is 184 Å². The zero-order valence-electron chi connectivity index (χ0n) is 18.1. The van der Waals surface area contributed by atoms with Gasteiger partial charge in [-0.15, -0.1) is 0 Å². The number of unbranched alkanes of at least 4 members (excludes halogenated alkanes) is 1. The van der Waals surface area contributed by atoms with Crippen molar-refractivity contribution in [2.24, 2.45) is 0 Å². The molecule has 0 bridgehead atoms. The monoisotopic (exact) mass is 446 g/mol. The van der Waals surface area contributed by atoms with Crippen molar-refractivity contribution in [2.45, 2.75) is 50.0 Å². The average molecular weight is 447 g/mol. The molecule has 0 N–H and O–H groups in total. The van der Waals surface area contributed by atoms with Crippen LogP contribution in [0, 0.1) is 0 Å². The van der Waals surface area contributed by atoms with Crippen LogP contribution in [0.4, 0.5) is 4.79 Å². The van der Waals surface area contributed by atoms with Gasteiger partial charge in [0.1, 0.15) is 12.4 Å². The summed E-state index contributed by atoms with van der Waals surface area (Å²) in [7, 11) is -3.21. The number of ether oxygens (including phenoxy) is 2. The highest BCUT2D eigenvalue weighted by Gasteiger charge is 2.24. The number of nitrogens with zero attached hydrogens (tertiary/aromatic N) is 2. The highest BCUT2D eigenvalue weighted by atomic mass is 32.2. The summed E-state index contributed by atoms with van der Waals surface area (Å²) < 4.78 is 34.0. The van der Waals surface area contributed by atoms with E-state index in [1.54, 1.807) is 17.0 Å². The van der Waals surface area contributed by atoms with Gasteiger partial charge in [-0.2, -0.15) is 0 Å². The van der Waals surface area contributed by atoms with Crippen molar-refractivity contribution in [3.8, 4) is 5.75 Å². The maximum atomic E-state index is 12.1. The molecular formula is C23H30N2O5S. The highest BCUT2D eigenvalue weighted by Crippen LogP contribution is 2.28. The largest absolute Gasteiger partial charge is 0.487 e. The first kappa shape index (κ1) is 23.1. The molecule has 1 aliphatic heterocycles. The number of amides is 1. The smallest absolute Gasteiger partial charge is 0.409 e. The molecule has 0 spiro atoms. The Morgan fingerprint density at radius 2 is 1.84 bits per heavy atom. The third-order valence-electron chi connectivity index (χ3n) is 5.43. The summed E-state index contributed by atoms with van der Waals surface area (Å²) in [4.78, 5) is 18.6. The molecule has 1 saturated heterocycles. The summed E-state index contributed by atoms with van der Waals surface area (Å²) in [6.07, 6.45) is 6.56. The Hall–Kier alpha value is -2.61. The normalized spacial score (nSPS) is 15.0. The molecule has 168 valence electrons. The van der Waals surface area contributed by atoms with Gasteiger partial charge >= 0.3 is 6.09 Å². The minimum Gasteiger partial charge on any atom is -0.487 e. The zero-order valence-corrected chi connectivity index (χ0v) is 18.9. The molecule has 1 aromatic heterocycles. The van der Waals surface area contributed by atoms with Crippen LogP contribution < -0.4 is 4.74 Å². The molecule has 1 aromatic carbocycles. The van der Waals surface area contributed by atoms with Gasteiger partial charge in [-0.3, -0.25) is 4.98 Å². The molecule has 0 radical (unpaired) electrons. The van der Waals surface area contributed by atoms with Crippen molar-refractivity contribution in [3.05, 3.63) is 53.9 Å².